The first-order valence-electron chi connectivity index (χ1n) is 9.13. The average molecular weight is 341 g/mol. The van der Waals surface area contributed by atoms with Gasteiger partial charge in [0.05, 0.1) is 12.6 Å². The Morgan fingerprint density at radius 1 is 1.08 bits per heavy atom. The first-order chi connectivity index (χ1) is 11.1. The van der Waals surface area contributed by atoms with Crippen molar-refractivity contribution < 1.29 is 14.7 Å². The van der Waals surface area contributed by atoms with Gasteiger partial charge in [-0.1, -0.05) is 0 Å². The van der Waals surface area contributed by atoms with Crippen molar-refractivity contribution in [1.82, 2.24) is 14.7 Å². The van der Waals surface area contributed by atoms with E-state index in [2.05, 4.69) is 32.6 Å². The zero-order valence-corrected chi connectivity index (χ0v) is 16.2. The number of hydrogen-bond acceptors (Lipinski definition) is 4. The normalized spacial score (nSPS) is 21.1. The first-order valence-corrected chi connectivity index (χ1v) is 9.13. The molecule has 24 heavy (non-hydrogen) atoms. The highest BCUT2D eigenvalue weighted by molar-refractivity contribution is 5.82. The summed E-state index contributed by atoms with van der Waals surface area (Å²) < 4.78 is 0. The van der Waals surface area contributed by atoms with Crippen LogP contribution in [0.1, 0.15) is 53.9 Å². The number of nitrogens with zero attached hydrogens (tertiary/aromatic N) is 3. The maximum absolute atomic E-state index is 12.9. The van der Waals surface area contributed by atoms with Crippen LogP contribution >= 0.6 is 0 Å². The highest BCUT2D eigenvalue weighted by Crippen LogP contribution is 2.19. The van der Waals surface area contributed by atoms with Gasteiger partial charge in [-0.15, -0.1) is 0 Å². The van der Waals surface area contributed by atoms with E-state index in [1.165, 1.54) is 0 Å². The number of likely N-dealkylation sites (tertiary alicyclic amines) is 1. The van der Waals surface area contributed by atoms with Crippen molar-refractivity contribution in [2.24, 2.45) is 0 Å². The van der Waals surface area contributed by atoms with Gasteiger partial charge < -0.3 is 10.0 Å². The van der Waals surface area contributed by atoms with Crippen LogP contribution in [0.4, 0.5) is 0 Å². The van der Waals surface area contributed by atoms with Gasteiger partial charge in [0.2, 0.25) is 5.91 Å². The molecule has 1 heterocycles. The number of likely N-dealkylation sites (N-methyl/N-ethyl adjacent to an activating group) is 1. The summed E-state index contributed by atoms with van der Waals surface area (Å²) in [5.41, 5.74) is 0. The summed E-state index contributed by atoms with van der Waals surface area (Å²) >= 11 is 0. The molecule has 0 bridgehead atoms. The molecule has 1 fully saturated rings. The van der Waals surface area contributed by atoms with Crippen molar-refractivity contribution in [3.05, 3.63) is 0 Å². The fraction of sp³-hybridized carbons (Fsp3) is 0.889. The lowest BCUT2D eigenvalue weighted by Gasteiger charge is -2.36. The fourth-order valence-electron chi connectivity index (χ4n) is 3.75. The van der Waals surface area contributed by atoms with Crippen molar-refractivity contribution in [2.45, 2.75) is 78.0 Å². The molecule has 0 saturated carbocycles. The molecule has 6 nitrogen and oxygen atoms in total. The van der Waals surface area contributed by atoms with E-state index in [1.54, 1.807) is 0 Å². The van der Waals surface area contributed by atoms with E-state index >= 15 is 0 Å². The van der Waals surface area contributed by atoms with Crippen LogP contribution in [0, 0.1) is 0 Å². The molecule has 0 radical (unpaired) electrons. The zero-order chi connectivity index (χ0) is 18.4. The van der Waals surface area contributed by atoms with Crippen molar-refractivity contribution >= 4 is 11.9 Å². The zero-order valence-electron chi connectivity index (χ0n) is 16.2. The minimum atomic E-state index is -0.786. The summed E-state index contributed by atoms with van der Waals surface area (Å²) in [6.07, 6.45) is 2.89. The Hall–Kier alpha value is -1.14. The van der Waals surface area contributed by atoms with Crippen LogP contribution in [-0.4, -0.2) is 82.5 Å². The van der Waals surface area contributed by atoms with Gasteiger partial charge in [-0.2, -0.15) is 0 Å². The van der Waals surface area contributed by atoms with Crippen molar-refractivity contribution in [1.29, 1.82) is 0 Å². The number of carbonyl (C=O) groups excluding carboxylic acids is 1. The number of amides is 1. The van der Waals surface area contributed by atoms with Crippen LogP contribution < -0.4 is 0 Å². The monoisotopic (exact) mass is 341 g/mol. The van der Waals surface area contributed by atoms with Gasteiger partial charge >= 0.3 is 5.97 Å². The van der Waals surface area contributed by atoms with E-state index < -0.39 is 5.97 Å². The van der Waals surface area contributed by atoms with Crippen LogP contribution in [0.3, 0.4) is 0 Å². The molecule has 0 aromatic rings. The lowest BCUT2D eigenvalue weighted by atomic mass is 10.1. The van der Waals surface area contributed by atoms with Crippen LogP contribution in [0.2, 0.25) is 0 Å². The fourth-order valence-corrected chi connectivity index (χ4v) is 3.75. The number of aliphatic carboxylic acids is 1. The van der Waals surface area contributed by atoms with Gasteiger partial charge in [0, 0.05) is 24.7 Å². The van der Waals surface area contributed by atoms with E-state index in [1.807, 2.05) is 23.8 Å². The molecule has 6 heteroatoms. The molecule has 1 saturated heterocycles. The molecule has 0 aromatic carbocycles. The Bertz CT molecular complexity index is 418. The highest BCUT2D eigenvalue weighted by Gasteiger charge is 2.31. The van der Waals surface area contributed by atoms with E-state index in [9.17, 15) is 9.59 Å². The SMILES string of the molecule is CC(C(=O)N(C(C)C)C(C)C)N1CCCC(N(C)CC(=O)O)CC1. The number of rotatable bonds is 7. The Morgan fingerprint density at radius 3 is 2.17 bits per heavy atom. The molecule has 1 amide bonds. The van der Waals surface area contributed by atoms with Gasteiger partial charge in [0.1, 0.15) is 0 Å². The lowest BCUT2D eigenvalue weighted by Crippen LogP contribution is -2.52. The lowest BCUT2D eigenvalue weighted by molar-refractivity contribution is -0.140. The summed E-state index contributed by atoms with van der Waals surface area (Å²) in [5.74, 6) is -0.594. The molecular weight excluding hydrogens is 306 g/mol. The highest BCUT2D eigenvalue weighted by atomic mass is 16.4. The van der Waals surface area contributed by atoms with E-state index in [4.69, 9.17) is 5.11 Å². The first kappa shape index (κ1) is 20.9. The molecule has 1 rings (SSSR count). The largest absolute Gasteiger partial charge is 0.480 e. The average Bonchev–Trinajstić information content (AvgIpc) is 2.70. The van der Waals surface area contributed by atoms with Gasteiger partial charge in [-0.3, -0.25) is 19.4 Å². The van der Waals surface area contributed by atoms with Crippen LogP contribution in [0.5, 0.6) is 0 Å². The molecule has 1 aliphatic heterocycles. The van der Waals surface area contributed by atoms with E-state index in [-0.39, 0.29) is 36.6 Å². The van der Waals surface area contributed by atoms with Gasteiger partial charge in [0.15, 0.2) is 0 Å². The summed E-state index contributed by atoms with van der Waals surface area (Å²) in [6.45, 7) is 12.1. The molecule has 1 N–H and O–H groups in total. The molecule has 2 unspecified atom stereocenters. The minimum absolute atomic E-state index is 0.0770. The third-order valence-corrected chi connectivity index (χ3v) is 5.01. The maximum atomic E-state index is 12.9. The Labute approximate surface area is 146 Å². The van der Waals surface area contributed by atoms with E-state index in [0.717, 1.165) is 32.4 Å². The summed E-state index contributed by atoms with van der Waals surface area (Å²) in [4.78, 5) is 29.9. The number of carboxylic acids is 1. The van der Waals surface area contributed by atoms with Crippen molar-refractivity contribution in [3.8, 4) is 0 Å². The molecule has 140 valence electrons. The molecule has 1 aliphatic rings. The third-order valence-electron chi connectivity index (χ3n) is 5.01. The maximum Gasteiger partial charge on any atom is 0.317 e. The number of carboxylic acid groups (broad SMARTS) is 1. The topological polar surface area (TPSA) is 64.1 Å². The molecule has 2 atom stereocenters. The number of hydrogen-bond donors (Lipinski definition) is 1. The van der Waals surface area contributed by atoms with Gasteiger partial charge in [-0.05, 0) is 67.5 Å². The Morgan fingerprint density at radius 2 is 1.67 bits per heavy atom. The molecular formula is C18H35N3O3. The van der Waals surface area contributed by atoms with E-state index in [0.29, 0.717) is 0 Å². The molecule has 0 aromatic heterocycles. The smallest absolute Gasteiger partial charge is 0.317 e. The van der Waals surface area contributed by atoms with Crippen molar-refractivity contribution in [3.63, 3.8) is 0 Å². The third kappa shape index (κ3) is 5.74. The van der Waals surface area contributed by atoms with Gasteiger partial charge in [0.25, 0.3) is 0 Å². The quantitative estimate of drug-likeness (QED) is 0.766. The molecule has 0 spiro atoms. The van der Waals surface area contributed by atoms with Gasteiger partial charge in [-0.25, -0.2) is 0 Å². The number of carbonyl (C=O) groups is 2. The van der Waals surface area contributed by atoms with Crippen LogP contribution in [0.25, 0.3) is 0 Å². The minimum Gasteiger partial charge on any atom is -0.480 e. The Kier molecular flexibility index (Phi) is 8.16. The van der Waals surface area contributed by atoms with Crippen LogP contribution in [-0.2, 0) is 9.59 Å². The summed E-state index contributed by atoms with van der Waals surface area (Å²) in [7, 11) is 1.88. The molecule has 0 aliphatic carbocycles. The second kappa shape index (κ2) is 9.37. The van der Waals surface area contributed by atoms with Crippen molar-refractivity contribution in [2.75, 3.05) is 26.7 Å². The predicted octanol–water partition coefficient (Wildman–Crippen LogP) is 1.89. The standard InChI is InChI=1S/C18H35N3O3/c1-13(2)21(14(3)4)18(24)15(5)20-10-7-8-16(9-11-20)19(6)12-17(22)23/h13-16H,7-12H2,1-6H3,(H,22,23). The Balaban J connectivity index is 2.68. The van der Waals surface area contributed by atoms with Crippen LogP contribution in [0.15, 0.2) is 0 Å². The second-order valence-corrected chi connectivity index (χ2v) is 7.54. The predicted molar refractivity (Wildman–Crippen MR) is 96.1 cm³/mol. The summed E-state index contributed by atoms with van der Waals surface area (Å²) in [6, 6.07) is 0.542. The second-order valence-electron chi connectivity index (χ2n) is 7.54. The summed E-state index contributed by atoms with van der Waals surface area (Å²) in [5, 5.41) is 8.96.